The van der Waals surface area contributed by atoms with Gasteiger partial charge in [0.25, 0.3) is 0 Å². The molecule has 8 heteroatoms. The van der Waals surface area contributed by atoms with Gasteiger partial charge in [-0.05, 0) is 45.5 Å². The van der Waals surface area contributed by atoms with Crippen LogP contribution in [0, 0.1) is 5.92 Å². The van der Waals surface area contributed by atoms with Crippen LogP contribution in [0.5, 0.6) is 5.75 Å². The van der Waals surface area contributed by atoms with E-state index in [0.29, 0.717) is 13.0 Å². The van der Waals surface area contributed by atoms with Crippen molar-refractivity contribution in [3.05, 3.63) is 42.2 Å². The van der Waals surface area contributed by atoms with Gasteiger partial charge in [0.15, 0.2) is 0 Å². The molecule has 0 saturated carbocycles. The van der Waals surface area contributed by atoms with Crippen LogP contribution in [0.4, 0.5) is 13.2 Å². The number of halogens is 3. The van der Waals surface area contributed by atoms with Crippen LogP contribution in [0.1, 0.15) is 46.6 Å². The molecule has 1 unspecified atom stereocenters. The fraction of sp³-hybridized carbons (Fsp3) is 0.524. The maximum Gasteiger partial charge on any atom is 0.419 e. The summed E-state index contributed by atoms with van der Waals surface area (Å²) >= 11 is 0. The highest BCUT2D eigenvalue weighted by molar-refractivity contribution is 5.79. The second-order valence-corrected chi connectivity index (χ2v) is 6.20. The van der Waals surface area contributed by atoms with E-state index in [1.165, 1.54) is 24.5 Å². The predicted octanol–water partition coefficient (Wildman–Crippen LogP) is 5.04. The van der Waals surface area contributed by atoms with E-state index in [4.69, 9.17) is 4.74 Å². The summed E-state index contributed by atoms with van der Waals surface area (Å²) in [6.07, 6.45) is 0.126. The van der Waals surface area contributed by atoms with Crippen molar-refractivity contribution >= 4 is 12.1 Å². The van der Waals surface area contributed by atoms with Crippen molar-refractivity contribution in [1.82, 2.24) is 10.6 Å². The molecule has 0 radical (unpaired) electrons. The van der Waals surface area contributed by atoms with Gasteiger partial charge in [0, 0.05) is 18.1 Å². The number of rotatable bonds is 8. The highest BCUT2D eigenvalue weighted by Gasteiger charge is 2.33. The summed E-state index contributed by atoms with van der Waals surface area (Å²) in [6.45, 7) is 11.1. The van der Waals surface area contributed by atoms with Crippen molar-refractivity contribution in [3.8, 4) is 5.75 Å². The first kappa shape index (κ1) is 28.9. The zero-order valence-electron chi connectivity index (χ0n) is 18.1. The Kier molecular flexibility index (Phi) is 17.6. The fourth-order valence-electron chi connectivity index (χ4n) is 1.45. The van der Waals surface area contributed by atoms with E-state index >= 15 is 0 Å². The molecular formula is C21H34F3N3O2. The van der Waals surface area contributed by atoms with E-state index in [-0.39, 0.29) is 11.7 Å². The number of benzene rings is 1. The van der Waals surface area contributed by atoms with E-state index < -0.39 is 11.7 Å². The monoisotopic (exact) mass is 417 g/mol. The predicted molar refractivity (Wildman–Crippen MR) is 113 cm³/mol. The molecule has 29 heavy (non-hydrogen) atoms. The van der Waals surface area contributed by atoms with E-state index in [9.17, 15) is 18.0 Å². The third-order valence-electron chi connectivity index (χ3n) is 3.34. The molecule has 1 atom stereocenters. The van der Waals surface area contributed by atoms with Crippen LogP contribution in [-0.4, -0.2) is 32.3 Å². The van der Waals surface area contributed by atoms with Gasteiger partial charge in [-0.25, -0.2) is 0 Å². The summed E-state index contributed by atoms with van der Waals surface area (Å²) in [6, 6.07) is 5.29. The van der Waals surface area contributed by atoms with E-state index in [1.807, 2.05) is 34.7 Å². The van der Waals surface area contributed by atoms with E-state index in [1.54, 1.807) is 6.07 Å². The van der Waals surface area contributed by atoms with Crippen molar-refractivity contribution in [2.45, 2.75) is 47.2 Å². The van der Waals surface area contributed by atoms with E-state index in [2.05, 4.69) is 22.5 Å². The van der Waals surface area contributed by atoms with Crippen molar-refractivity contribution in [1.29, 1.82) is 0 Å². The number of nitrogens with zero attached hydrogens (tertiary/aromatic N) is 1. The summed E-state index contributed by atoms with van der Waals surface area (Å²) in [4.78, 5) is 13.5. The molecule has 166 valence electrons. The molecule has 1 amide bonds. The average Bonchev–Trinajstić information content (AvgIpc) is 2.69. The molecule has 0 aliphatic carbocycles. The summed E-state index contributed by atoms with van der Waals surface area (Å²) in [5.74, 6) is 0.164. The van der Waals surface area contributed by atoms with Crippen molar-refractivity contribution in [2.75, 3.05) is 20.2 Å². The fourth-order valence-corrected chi connectivity index (χ4v) is 1.45. The molecule has 0 heterocycles. The number of nitrogens with one attached hydrogen (secondary N) is 2. The van der Waals surface area contributed by atoms with Crippen LogP contribution < -0.4 is 15.4 Å². The third-order valence-corrected chi connectivity index (χ3v) is 3.34. The smallest absolute Gasteiger partial charge is 0.419 e. The second-order valence-electron chi connectivity index (χ2n) is 6.20. The normalized spacial score (nSPS) is 11.3. The highest BCUT2D eigenvalue weighted by Crippen LogP contribution is 2.36. The summed E-state index contributed by atoms with van der Waals surface area (Å²) in [7, 11) is 1.93. The molecule has 0 aromatic heterocycles. The number of ether oxygens (including phenoxy) is 1. The minimum atomic E-state index is -4.36. The quantitative estimate of drug-likeness (QED) is 0.460. The number of carbonyl (C=O) groups excluding carboxylic acids is 1. The first-order valence-electron chi connectivity index (χ1n) is 9.43. The minimum absolute atomic E-state index is 0.0877. The Balaban J connectivity index is 0. The Labute approximate surface area is 172 Å². The molecule has 0 spiro atoms. The topological polar surface area (TPSA) is 62.7 Å². The van der Waals surface area contributed by atoms with Gasteiger partial charge in [0.05, 0.1) is 12.2 Å². The molecule has 1 aromatic carbocycles. The van der Waals surface area contributed by atoms with Gasteiger partial charge in [-0.3, -0.25) is 9.79 Å². The first-order valence-corrected chi connectivity index (χ1v) is 9.43. The lowest BCUT2D eigenvalue weighted by Gasteiger charge is -2.15. The molecule has 0 aliphatic rings. The van der Waals surface area contributed by atoms with Gasteiger partial charge in [0.1, 0.15) is 5.75 Å². The number of alkyl halides is 3. The molecule has 5 nitrogen and oxygen atoms in total. The number of amides is 1. The Bertz CT molecular complexity index is 597. The number of hydrogen-bond donors (Lipinski definition) is 2. The zero-order chi connectivity index (χ0) is 22.7. The van der Waals surface area contributed by atoms with Crippen LogP contribution in [0.25, 0.3) is 0 Å². The van der Waals surface area contributed by atoms with Crippen LogP contribution in [0.15, 0.2) is 41.7 Å². The van der Waals surface area contributed by atoms with Crippen LogP contribution in [0.3, 0.4) is 0 Å². The number of aliphatic imine (C=N–C) groups is 1. The zero-order valence-corrected chi connectivity index (χ0v) is 18.1. The Hall–Kier alpha value is -2.35. The largest absolute Gasteiger partial charge is 0.493 e. The molecule has 1 rings (SSSR count). The van der Waals surface area contributed by atoms with Crippen LogP contribution >= 0.6 is 0 Å². The lowest BCUT2D eigenvalue weighted by molar-refractivity contribution is -0.139. The van der Waals surface area contributed by atoms with Gasteiger partial charge < -0.3 is 15.4 Å². The van der Waals surface area contributed by atoms with E-state index in [0.717, 1.165) is 24.7 Å². The third kappa shape index (κ3) is 17.5. The van der Waals surface area contributed by atoms with Crippen LogP contribution in [-0.2, 0) is 11.0 Å². The second kappa shape index (κ2) is 17.7. The maximum atomic E-state index is 12.6. The molecule has 0 bridgehead atoms. The van der Waals surface area contributed by atoms with Gasteiger partial charge in [-0.2, -0.15) is 13.2 Å². The maximum absolute atomic E-state index is 12.6. The molecule has 0 fully saturated rings. The summed E-state index contributed by atoms with van der Waals surface area (Å²) in [5, 5.41) is 5.27. The van der Waals surface area contributed by atoms with Gasteiger partial charge >= 0.3 is 6.18 Å². The van der Waals surface area contributed by atoms with Crippen molar-refractivity contribution < 1.29 is 22.7 Å². The Morgan fingerprint density at radius 3 is 2.28 bits per heavy atom. The average molecular weight is 418 g/mol. The lowest BCUT2D eigenvalue weighted by Crippen LogP contribution is -2.12. The van der Waals surface area contributed by atoms with Gasteiger partial charge in [0.2, 0.25) is 6.41 Å². The summed E-state index contributed by atoms with van der Waals surface area (Å²) < 4.78 is 42.9. The Morgan fingerprint density at radius 2 is 1.83 bits per heavy atom. The van der Waals surface area contributed by atoms with Crippen LogP contribution in [0.2, 0.25) is 0 Å². The van der Waals surface area contributed by atoms with Crippen molar-refractivity contribution in [2.24, 2.45) is 10.9 Å². The molecule has 1 aromatic rings. The first-order chi connectivity index (χ1) is 13.6. The molecule has 2 N–H and O–H groups in total. The van der Waals surface area contributed by atoms with Gasteiger partial charge in [-0.1, -0.05) is 39.3 Å². The Morgan fingerprint density at radius 1 is 1.24 bits per heavy atom. The number of hydrogen-bond acceptors (Lipinski definition) is 4. The van der Waals surface area contributed by atoms with Gasteiger partial charge in [-0.15, -0.1) is 0 Å². The molecule has 0 aliphatic heterocycles. The number of para-hydroxylation sites is 1. The minimum Gasteiger partial charge on any atom is -0.493 e. The molecular weight excluding hydrogens is 383 g/mol. The SMILES string of the molecule is CC(C)=N/C=C\NC=O.CCC(C)COc1ccccc1C(F)(F)F.CCNC. The lowest BCUT2D eigenvalue weighted by atomic mass is 10.1. The summed E-state index contributed by atoms with van der Waals surface area (Å²) in [5.41, 5.74) is 0.247. The standard InChI is InChI=1S/C12H15F3O.C6H10N2O.C3H9N/c1-3-9(2)8-16-11-7-5-4-6-10(11)12(13,14)15;1-6(2)8-4-3-7-5-9;1-3-4-2/h4-7,9H,3,8H2,1-2H3;3-5H,1-2H3,(H,7,9);4H,3H2,1-2H3/b;4-3-;. The number of carbonyl (C=O) groups is 1. The highest BCUT2D eigenvalue weighted by atomic mass is 19.4. The molecule has 0 saturated heterocycles. The van der Waals surface area contributed by atoms with Crippen molar-refractivity contribution in [3.63, 3.8) is 0 Å².